The number of hydrogen-bond acceptors (Lipinski definition) is 12. The molecule has 3 aliphatic heterocycles. The van der Waals surface area contributed by atoms with Crippen LogP contribution < -0.4 is 24.4 Å². The number of benzene rings is 3. The van der Waals surface area contributed by atoms with Gasteiger partial charge in [-0.1, -0.05) is 30.3 Å². The summed E-state index contributed by atoms with van der Waals surface area (Å²) in [6, 6.07) is 20.0. The van der Waals surface area contributed by atoms with Gasteiger partial charge in [0.05, 0.1) is 44.1 Å². The first kappa shape index (κ1) is 35.2. The minimum atomic E-state index is -0.958. The lowest BCUT2D eigenvalue weighted by Crippen LogP contribution is -2.54. The fraction of sp³-hybridized carbons (Fsp3) is 0.472. The Morgan fingerprint density at radius 2 is 1.90 bits per heavy atom. The van der Waals surface area contributed by atoms with E-state index in [0.717, 1.165) is 67.3 Å². The normalized spacial score (nSPS) is 21.6. The number of aliphatic hydroxyl groups excluding tert-OH is 1. The Morgan fingerprint density at radius 1 is 1.06 bits per heavy atom. The van der Waals surface area contributed by atoms with Crippen LogP contribution in [0.1, 0.15) is 35.4 Å². The summed E-state index contributed by atoms with van der Waals surface area (Å²) in [6.45, 7) is 4.78. The molecule has 268 valence electrons. The van der Waals surface area contributed by atoms with E-state index in [9.17, 15) is 20.0 Å². The lowest BCUT2D eigenvalue weighted by atomic mass is 9.84. The molecule has 2 saturated heterocycles. The van der Waals surface area contributed by atoms with Gasteiger partial charge in [-0.05, 0) is 72.5 Å². The number of β-amino-alcohol motifs (C(OH)–C–C–N with tert-alkyl or cyclic N) is 1. The second-order valence-corrected chi connectivity index (χ2v) is 12.6. The van der Waals surface area contributed by atoms with Crippen LogP contribution in [0.3, 0.4) is 0 Å². The van der Waals surface area contributed by atoms with Crippen LogP contribution in [-0.2, 0) is 27.5 Å². The van der Waals surface area contributed by atoms with Crippen LogP contribution in [0.5, 0.6) is 17.2 Å². The zero-order valence-corrected chi connectivity index (χ0v) is 28.1. The summed E-state index contributed by atoms with van der Waals surface area (Å²) >= 11 is 0. The molecule has 3 heterocycles. The number of methoxy groups -OCH3 is 1. The van der Waals surface area contributed by atoms with Crippen molar-refractivity contribution in [2.75, 3.05) is 64.5 Å². The molecule has 3 aromatic rings. The van der Waals surface area contributed by atoms with Crippen molar-refractivity contribution in [1.82, 2.24) is 10.2 Å². The van der Waals surface area contributed by atoms with Crippen LogP contribution in [0, 0.1) is 10.1 Å². The minimum Gasteiger partial charge on any atom is -0.490 e. The number of amides is 1. The first-order valence-electron chi connectivity index (χ1n) is 17.0. The molecule has 0 aromatic heterocycles. The number of nitrogens with one attached hydrogen (secondary N) is 1. The lowest BCUT2D eigenvalue weighted by Gasteiger charge is -2.41. The maximum Gasteiger partial charge on any atom is 0.415 e. The fourth-order valence-corrected chi connectivity index (χ4v) is 6.66. The molecule has 0 aliphatic carbocycles. The van der Waals surface area contributed by atoms with Gasteiger partial charge in [-0.25, -0.2) is 4.79 Å². The van der Waals surface area contributed by atoms with Gasteiger partial charge < -0.3 is 48.7 Å². The predicted octanol–water partition coefficient (Wildman–Crippen LogP) is 3.92. The molecule has 14 nitrogen and oxygen atoms in total. The third kappa shape index (κ3) is 9.13. The van der Waals surface area contributed by atoms with E-state index in [0.29, 0.717) is 18.8 Å². The van der Waals surface area contributed by atoms with Crippen LogP contribution in [0.25, 0.3) is 0 Å². The summed E-state index contributed by atoms with van der Waals surface area (Å²) in [6.07, 6.45) is -0.252. The Labute approximate surface area is 290 Å². The van der Waals surface area contributed by atoms with Crippen molar-refractivity contribution < 1.29 is 43.5 Å². The van der Waals surface area contributed by atoms with Crippen LogP contribution in [-0.4, -0.2) is 99.1 Å². The van der Waals surface area contributed by atoms with Gasteiger partial charge in [0, 0.05) is 32.7 Å². The Kier molecular flexibility index (Phi) is 11.9. The highest BCUT2D eigenvalue weighted by atomic mass is 16.9. The van der Waals surface area contributed by atoms with Gasteiger partial charge in [0.2, 0.25) is 0 Å². The first-order valence-corrected chi connectivity index (χ1v) is 17.0. The van der Waals surface area contributed by atoms with Gasteiger partial charge in [0.15, 0.2) is 0 Å². The highest BCUT2D eigenvalue weighted by molar-refractivity contribution is 5.71. The van der Waals surface area contributed by atoms with Crippen LogP contribution >= 0.6 is 0 Å². The number of piperidine rings is 1. The monoisotopic (exact) mass is 692 g/mol. The molecule has 50 heavy (non-hydrogen) atoms. The van der Waals surface area contributed by atoms with E-state index in [4.69, 9.17) is 23.7 Å². The summed E-state index contributed by atoms with van der Waals surface area (Å²) in [7, 11) is 1.70. The number of ether oxygens (including phenoxy) is 5. The molecule has 1 amide bonds. The minimum absolute atomic E-state index is 0.0199. The SMILES string of the molecule is COCCCN1CCOc2ccc(COC3CN(C(=O)Oc4cccc(CO[N+](=O)[O-])c4)CC(O)C3c3ccc(OC4CCNC4)cc3)cc21. The molecular formula is C36H44N4O10. The van der Waals surface area contributed by atoms with Crippen LogP contribution in [0.15, 0.2) is 66.7 Å². The number of carbonyl (C=O) groups excluding carboxylic acids is 1. The Balaban J connectivity index is 1.18. The second kappa shape index (κ2) is 16.9. The lowest BCUT2D eigenvalue weighted by molar-refractivity contribution is -0.763. The average molecular weight is 693 g/mol. The van der Waals surface area contributed by atoms with E-state index in [1.165, 1.54) is 11.0 Å². The first-order chi connectivity index (χ1) is 24.4. The van der Waals surface area contributed by atoms with E-state index in [2.05, 4.69) is 21.1 Å². The third-order valence-corrected chi connectivity index (χ3v) is 9.13. The number of rotatable bonds is 14. The van der Waals surface area contributed by atoms with Crippen LogP contribution in [0.4, 0.5) is 10.5 Å². The van der Waals surface area contributed by atoms with E-state index in [1.807, 2.05) is 36.4 Å². The number of fused-ring (bicyclic) bond motifs is 1. The molecular weight excluding hydrogens is 648 g/mol. The van der Waals surface area contributed by atoms with E-state index >= 15 is 0 Å². The van der Waals surface area contributed by atoms with E-state index in [-0.39, 0.29) is 38.2 Å². The van der Waals surface area contributed by atoms with Crippen molar-refractivity contribution in [2.45, 2.75) is 50.3 Å². The molecule has 3 aromatic carbocycles. The summed E-state index contributed by atoms with van der Waals surface area (Å²) in [5.41, 5.74) is 3.27. The standard InChI is InChI=1S/C36H44N4O10/c1-45-16-3-14-38-15-17-46-33-11-6-26(19-31(33)38)23-47-34-22-39(36(42)50-29-5-2-4-25(18-29)24-48-40(43)44)21-32(41)35(34)27-7-9-28(10-8-27)49-30-12-13-37-20-30/h2,4-11,18-19,30,32,34-35,37,41H,3,12-17,20-24H2,1H3. The predicted molar refractivity (Wildman–Crippen MR) is 182 cm³/mol. The van der Waals surface area contributed by atoms with Crippen molar-refractivity contribution in [1.29, 1.82) is 0 Å². The molecule has 0 radical (unpaired) electrons. The van der Waals surface area contributed by atoms with E-state index in [1.54, 1.807) is 25.3 Å². The quantitative estimate of drug-likeness (QED) is 0.143. The average Bonchev–Trinajstić information content (AvgIpc) is 3.63. The van der Waals surface area contributed by atoms with Crippen molar-refractivity contribution in [3.8, 4) is 17.2 Å². The Bertz CT molecular complexity index is 1590. The summed E-state index contributed by atoms with van der Waals surface area (Å²) < 4.78 is 29.5. The molecule has 0 spiro atoms. The number of nitrogens with zero attached hydrogens (tertiary/aromatic N) is 3. The molecule has 6 rings (SSSR count). The van der Waals surface area contributed by atoms with Crippen molar-refractivity contribution in [3.05, 3.63) is 93.5 Å². The molecule has 3 aliphatic rings. The molecule has 2 fully saturated rings. The topological polar surface area (TPSA) is 154 Å². The maximum atomic E-state index is 13.4. The smallest absolute Gasteiger partial charge is 0.415 e. The zero-order valence-electron chi connectivity index (χ0n) is 28.1. The number of carbonyl (C=O) groups is 1. The van der Waals surface area contributed by atoms with Gasteiger partial charge in [0.25, 0.3) is 5.09 Å². The van der Waals surface area contributed by atoms with Gasteiger partial charge in [-0.15, -0.1) is 10.1 Å². The Morgan fingerprint density at radius 3 is 2.68 bits per heavy atom. The highest BCUT2D eigenvalue weighted by Crippen LogP contribution is 2.36. The van der Waals surface area contributed by atoms with Gasteiger partial charge in [-0.2, -0.15) is 0 Å². The third-order valence-electron chi connectivity index (χ3n) is 9.13. The van der Waals surface area contributed by atoms with Gasteiger partial charge >= 0.3 is 6.09 Å². The Hall–Kier alpha value is -4.63. The maximum absolute atomic E-state index is 13.4. The molecule has 2 N–H and O–H groups in total. The van der Waals surface area contributed by atoms with Gasteiger partial charge in [-0.3, -0.25) is 0 Å². The zero-order chi connectivity index (χ0) is 34.9. The number of aliphatic hydroxyl groups is 1. The molecule has 4 unspecified atom stereocenters. The summed E-state index contributed by atoms with van der Waals surface area (Å²) in [4.78, 5) is 32.2. The van der Waals surface area contributed by atoms with Crippen molar-refractivity contribution >= 4 is 11.8 Å². The molecule has 0 saturated carbocycles. The van der Waals surface area contributed by atoms with E-state index < -0.39 is 29.3 Å². The molecule has 4 atom stereocenters. The van der Waals surface area contributed by atoms with Crippen molar-refractivity contribution in [3.63, 3.8) is 0 Å². The number of anilines is 1. The van der Waals surface area contributed by atoms with Gasteiger partial charge in [0.1, 0.15) is 36.6 Å². The second-order valence-electron chi connectivity index (χ2n) is 12.6. The fourth-order valence-electron chi connectivity index (χ4n) is 6.66. The number of likely N-dealkylation sites (tertiary alicyclic amines) is 1. The van der Waals surface area contributed by atoms with Crippen LogP contribution in [0.2, 0.25) is 0 Å². The number of hydrogen-bond donors (Lipinski definition) is 2. The summed E-state index contributed by atoms with van der Waals surface area (Å²) in [5, 5.41) is 24.6. The summed E-state index contributed by atoms with van der Waals surface area (Å²) in [5.74, 6) is 1.35. The highest BCUT2D eigenvalue weighted by Gasteiger charge is 2.40. The molecule has 0 bridgehead atoms. The molecule has 14 heteroatoms. The largest absolute Gasteiger partial charge is 0.490 e. The van der Waals surface area contributed by atoms with Crippen molar-refractivity contribution in [2.24, 2.45) is 0 Å².